The minimum atomic E-state index is -1.40. The zero-order chi connectivity index (χ0) is 89.5. The fourth-order valence-electron chi connectivity index (χ4n) is 18.9. The molecule has 12 heterocycles. The Hall–Kier alpha value is -15.4. The maximum Gasteiger partial charge on any atom is 0.489 e. The first-order chi connectivity index (χ1) is 64.5. The van der Waals surface area contributed by atoms with Crippen molar-refractivity contribution < 1.29 is 10.0 Å². The lowest BCUT2D eigenvalue weighted by atomic mass is 9.73. The predicted molar refractivity (Wildman–Crippen MR) is 547 cm³/mol. The summed E-state index contributed by atoms with van der Waals surface area (Å²) in [7, 11) is -1.40. The van der Waals surface area contributed by atoms with Crippen LogP contribution in [0, 0.1) is 3.70 Å². The Morgan fingerprint density at radius 2 is 0.742 bits per heavy atom. The SMILES string of the molecule is CC1(C)c2ccccc2N(c2nc(-c3cccc4ccccc34)c3cccnc3n2)c2cc3c(cc21)c1ccccc1n3-c1nc(-c2cccc3ccccc23)c2cccnc2n1.CC1(C)c2ccccc2Nc2cc3[nH]c4ccccc4c3cc21.Clc1nc(-c2cccc3ccccc23)c2cccnc2n1.Clc1nc(I)c2cccnc2n1.OB(O)c1cccc2ccccc12. The zero-order valence-electron chi connectivity index (χ0n) is 71.5. The molecule has 132 heavy (non-hydrogen) atoms. The molecule has 0 radical (unpaired) electrons. The van der Waals surface area contributed by atoms with E-state index in [1.54, 1.807) is 30.9 Å². The topological polar surface area (TPSA) is 231 Å². The second-order valence-electron chi connectivity index (χ2n) is 33.5. The van der Waals surface area contributed by atoms with E-state index < -0.39 is 7.12 Å². The summed E-state index contributed by atoms with van der Waals surface area (Å²) in [6, 6.07) is 116. The summed E-state index contributed by atoms with van der Waals surface area (Å²) < 4.78 is 3.03. The number of halogens is 3. The second-order valence-corrected chi connectivity index (χ2v) is 35.2. The van der Waals surface area contributed by atoms with Gasteiger partial charge >= 0.3 is 7.12 Å². The van der Waals surface area contributed by atoms with Crippen LogP contribution in [0.3, 0.4) is 0 Å². The summed E-state index contributed by atoms with van der Waals surface area (Å²) in [5.41, 5.74) is 22.0. The molecule has 22 heteroatoms. The number of aromatic nitrogens is 14. The Bertz CT molecular complexity index is 8730. The molecular formula is C110H76BCl2IN16O2. The smallest absolute Gasteiger partial charge is 0.423 e. The molecule has 0 aliphatic carbocycles. The van der Waals surface area contributed by atoms with E-state index in [0.29, 0.717) is 39.9 Å². The van der Waals surface area contributed by atoms with Gasteiger partial charge in [0.1, 0.15) is 3.70 Å². The lowest BCUT2D eigenvalue weighted by molar-refractivity contribution is 0.426. The molecule has 24 aromatic rings. The molecule has 0 bridgehead atoms. The molecule has 0 amide bonds. The Morgan fingerprint density at radius 3 is 1.34 bits per heavy atom. The van der Waals surface area contributed by atoms with Crippen molar-refractivity contribution in [2.45, 2.75) is 38.5 Å². The van der Waals surface area contributed by atoms with Crippen molar-refractivity contribution in [1.82, 2.24) is 69.4 Å². The first-order valence-electron chi connectivity index (χ1n) is 43.2. The number of hydrogen-bond acceptors (Lipinski definition) is 16. The molecule has 4 N–H and O–H groups in total. The molecule has 10 aromatic heterocycles. The van der Waals surface area contributed by atoms with Crippen LogP contribution in [-0.4, -0.2) is 86.5 Å². The van der Waals surface area contributed by atoms with Gasteiger partial charge in [-0.3, -0.25) is 9.47 Å². The lowest BCUT2D eigenvalue weighted by Gasteiger charge is -2.41. The average Bonchev–Trinajstić information content (AvgIpc) is 1.09. The minimum absolute atomic E-state index is 0.0102. The Kier molecular flexibility index (Phi) is 21.1. The van der Waals surface area contributed by atoms with Crippen molar-refractivity contribution in [3.8, 4) is 39.7 Å². The summed E-state index contributed by atoms with van der Waals surface area (Å²) in [6.45, 7) is 9.25. The van der Waals surface area contributed by atoms with Crippen LogP contribution >= 0.6 is 45.8 Å². The van der Waals surface area contributed by atoms with E-state index >= 15 is 0 Å². The van der Waals surface area contributed by atoms with E-state index in [-0.39, 0.29) is 21.4 Å². The van der Waals surface area contributed by atoms with Crippen LogP contribution < -0.4 is 15.7 Å². The lowest BCUT2D eigenvalue weighted by Crippen LogP contribution is -2.31. The van der Waals surface area contributed by atoms with E-state index in [1.807, 2.05) is 97.1 Å². The minimum Gasteiger partial charge on any atom is -0.423 e. The van der Waals surface area contributed by atoms with Crippen molar-refractivity contribution in [3.63, 3.8) is 0 Å². The van der Waals surface area contributed by atoms with Gasteiger partial charge in [-0.05, 0) is 214 Å². The fourth-order valence-corrected chi connectivity index (χ4v) is 20.0. The molecule has 26 rings (SSSR count). The van der Waals surface area contributed by atoms with Gasteiger partial charge in [-0.1, -0.05) is 270 Å². The monoisotopic (exact) mass is 1860 g/mol. The third-order valence-corrected chi connectivity index (χ3v) is 26.3. The van der Waals surface area contributed by atoms with Gasteiger partial charge in [0, 0.05) is 112 Å². The normalized spacial score (nSPS) is 12.8. The summed E-state index contributed by atoms with van der Waals surface area (Å²) in [5, 5.41) is 39.4. The summed E-state index contributed by atoms with van der Waals surface area (Å²) in [4.78, 5) is 61.9. The van der Waals surface area contributed by atoms with Crippen LogP contribution in [0.25, 0.3) is 171 Å². The van der Waals surface area contributed by atoms with Crippen LogP contribution in [0.15, 0.2) is 365 Å². The number of hydrogen-bond donors (Lipinski definition) is 4. The molecule has 0 spiro atoms. The summed E-state index contributed by atoms with van der Waals surface area (Å²) >= 11 is 13.8. The molecule has 0 saturated heterocycles. The molecule has 0 unspecified atom stereocenters. The maximum atomic E-state index is 9.08. The van der Waals surface area contributed by atoms with Crippen molar-refractivity contribution in [3.05, 3.63) is 401 Å². The van der Waals surface area contributed by atoms with Crippen molar-refractivity contribution in [2.75, 3.05) is 10.2 Å². The van der Waals surface area contributed by atoms with Gasteiger partial charge in [-0.25, -0.2) is 39.9 Å². The van der Waals surface area contributed by atoms with Crippen LogP contribution in [0.1, 0.15) is 49.9 Å². The highest BCUT2D eigenvalue weighted by molar-refractivity contribution is 14.1. The van der Waals surface area contributed by atoms with E-state index in [9.17, 15) is 0 Å². The van der Waals surface area contributed by atoms with Crippen LogP contribution in [0.2, 0.25) is 10.6 Å². The molecule has 0 fully saturated rings. The fraction of sp³-hybridized carbons (Fsp3) is 0.0545. The number of benzene rings is 14. The highest BCUT2D eigenvalue weighted by Gasteiger charge is 2.40. The third-order valence-electron chi connectivity index (χ3n) is 25.1. The Labute approximate surface area is 780 Å². The highest BCUT2D eigenvalue weighted by Crippen LogP contribution is 2.55. The number of nitrogens with one attached hydrogen (secondary N) is 2. The number of anilines is 5. The summed E-state index contributed by atoms with van der Waals surface area (Å²) in [5.74, 6) is 1.08. The van der Waals surface area contributed by atoms with Gasteiger partial charge < -0.3 is 20.3 Å². The number of nitrogens with zero attached hydrogens (tertiary/aromatic N) is 14. The van der Waals surface area contributed by atoms with Crippen molar-refractivity contribution >= 4 is 218 Å². The second kappa shape index (κ2) is 33.9. The molecule has 18 nitrogen and oxygen atoms in total. The Morgan fingerprint density at radius 1 is 0.311 bits per heavy atom. The number of para-hydroxylation sites is 4. The first-order valence-corrected chi connectivity index (χ1v) is 45.0. The standard InChI is InChI=1S/C55H36N8.C21H18N2.C17H10ClN3.C10H9BO2.C7H3ClIN3/c1-55(2)43-26-8-10-28-46(43)63(54-59-50(41-25-14-30-57-52(41)61-54)39-23-12-18-34-16-4-6-20-36(34)39)48-32-47-42(31-44(48)55)37-21-7-9-27-45(37)62(47)53-58-49(40-24-13-29-56-51(40)60-53)38-22-11-17-33-15-3-5-19-35(33)38;1-21(2)15-8-4-6-10-18(15)23-20-12-19-14(11-16(20)21)13-7-3-5-9-17(13)22-19;18-17-20-15(14-9-4-10-19-16(14)21-17)13-8-3-6-11-5-1-2-7-12(11)13;12-11(13)10-7-3-5-8-4-1-2-6-9(8)10;8-7-11-5(9)4-2-1-3-10-6(4)12-7/h3-32H,1-2H3;3-12,22-23H,1-2H3;1-10H;1-7,12-13H;1-3H. The molecule has 0 saturated carbocycles. The van der Waals surface area contributed by atoms with Gasteiger partial charge in [-0.15, -0.1) is 0 Å². The number of rotatable bonds is 6. The van der Waals surface area contributed by atoms with Gasteiger partial charge in [-0.2, -0.15) is 19.9 Å². The van der Waals surface area contributed by atoms with E-state index in [0.717, 1.165) is 135 Å². The van der Waals surface area contributed by atoms with E-state index in [4.69, 9.17) is 63.2 Å². The zero-order valence-corrected chi connectivity index (χ0v) is 75.2. The molecule has 0 atom stereocenters. The third kappa shape index (κ3) is 14.7. The van der Waals surface area contributed by atoms with Gasteiger partial charge in [0.15, 0.2) is 22.6 Å². The van der Waals surface area contributed by atoms with Gasteiger partial charge in [0.05, 0.1) is 44.9 Å². The average molecular weight is 1860 g/mol. The molecule has 632 valence electrons. The highest BCUT2D eigenvalue weighted by atomic mass is 127. The molecular weight excluding hydrogens is 1790 g/mol. The molecule has 2 aliphatic rings. The van der Waals surface area contributed by atoms with Crippen LogP contribution in [0.5, 0.6) is 0 Å². The largest absolute Gasteiger partial charge is 0.489 e. The quantitative estimate of drug-likeness (QED) is 0.0525. The summed E-state index contributed by atoms with van der Waals surface area (Å²) in [6.07, 6.45) is 7.00. The van der Waals surface area contributed by atoms with Gasteiger partial charge in [0.25, 0.3) is 0 Å². The first kappa shape index (κ1) is 82.3. The van der Waals surface area contributed by atoms with Crippen molar-refractivity contribution in [2.24, 2.45) is 0 Å². The van der Waals surface area contributed by atoms with Crippen molar-refractivity contribution in [1.29, 1.82) is 0 Å². The molecule has 2 aliphatic heterocycles. The number of aromatic amines is 1. The van der Waals surface area contributed by atoms with E-state index in [2.05, 4.69) is 337 Å². The molecule has 14 aromatic carbocycles. The number of pyridine rings is 4. The van der Waals surface area contributed by atoms with Crippen LogP contribution in [0.4, 0.5) is 28.7 Å². The van der Waals surface area contributed by atoms with Crippen LogP contribution in [-0.2, 0) is 10.8 Å². The Balaban J connectivity index is 0.000000118. The number of fused-ring (bicyclic) bond motifs is 18. The van der Waals surface area contributed by atoms with E-state index in [1.165, 1.54) is 55.3 Å². The number of H-pyrrole nitrogens is 1. The maximum absolute atomic E-state index is 9.08. The van der Waals surface area contributed by atoms with Gasteiger partial charge in [0.2, 0.25) is 22.5 Å². The predicted octanol–water partition coefficient (Wildman–Crippen LogP) is 26.2.